The van der Waals surface area contributed by atoms with E-state index >= 15 is 0 Å². The van der Waals surface area contributed by atoms with Gasteiger partial charge >= 0.3 is 0 Å². The molecule has 0 bridgehead atoms. The number of piperidine rings is 1. The highest BCUT2D eigenvalue weighted by atomic mass is 32.2. The van der Waals surface area contributed by atoms with Gasteiger partial charge in [0.25, 0.3) is 0 Å². The summed E-state index contributed by atoms with van der Waals surface area (Å²) in [6.45, 7) is 6.15. The summed E-state index contributed by atoms with van der Waals surface area (Å²) in [6, 6.07) is 7.07. The Bertz CT molecular complexity index is 866. The molecule has 2 fully saturated rings. The van der Waals surface area contributed by atoms with Crippen LogP contribution in [0.1, 0.15) is 19.8 Å². The van der Waals surface area contributed by atoms with Crippen LogP contribution in [0.4, 0.5) is 5.13 Å². The van der Waals surface area contributed by atoms with Crippen molar-refractivity contribution in [3.63, 3.8) is 0 Å². The second kappa shape index (κ2) is 7.87. The standard InChI is InChI=1S/C19H25N3O3S2/c1-15-6-8-21(9-7-15)19-20-18(14-26-19)16-2-4-17(5-3-16)27(23,24)22-10-12-25-13-11-22/h2-5,14-15H,6-13H2,1H3. The lowest BCUT2D eigenvalue weighted by Gasteiger charge is -2.29. The molecule has 1 aromatic heterocycles. The molecule has 2 aliphatic heterocycles. The Balaban J connectivity index is 1.49. The van der Waals surface area contributed by atoms with Gasteiger partial charge in [0.1, 0.15) is 0 Å². The summed E-state index contributed by atoms with van der Waals surface area (Å²) in [6.07, 6.45) is 2.42. The predicted octanol–water partition coefficient (Wildman–Crippen LogP) is 3.07. The number of thiazole rings is 1. The number of sulfonamides is 1. The molecule has 1 aromatic carbocycles. The number of rotatable bonds is 4. The molecule has 146 valence electrons. The summed E-state index contributed by atoms with van der Waals surface area (Å²) >= 11 is 1.66. The Morgan fingerprint density at radius 2 is 1.74 bits per heavy atom. The van der Waals surface area contributed by atoms with Crippen molar-refractivity contribution in [3.05, 3.63) is 29.6 Å². The number of benzene rings is 1. The van der Waals surface area contributed by atoms with Crippen molar-refractivity contribution in [3.8, 4) is 11.3 Å². The summed E-state index contributed by atoms with van der Waals surface area (Å²) in [5.74, 6) is 0.793. The monoisotopic (exact) mass is 407 g/mol. The van der Waals surface area contributed by atoms with Gasteiger partial charge in [0.15, 0.2) is 5.13 Å². The van der Waals surface area contributed by atoms with E-state index in [0.717, 1.165) is 35.4 Å². The van der Waals surface area contributed by atoms with Gasteiger partial charge in [-0.05, 0) is 30.9 Å². The number of hydrogen-bond donors (Lipinski definition) is 0. The normalized spacial score (nSPS) is 20.1. The fourth-order valence-corrected chi connectivity index (χ4v) is 5.77. The largest absolute Gasteiger partial charge is 0.379 e. The summed E-state index contributed by atoms with van der Waals surface area (Å²) < 4.78 is 32.2. The van der Waals surface area contributed by atoms with Crippen LogP contribution in [-0.4, -0.2) is 57.1 Å². The predicted molar refractivity (Wildman–Crippen MR) is 108 cm³/mol. The van der Waals surface area contributed by atoms with E-state index < -0.39 is 10.0 Å². The Morgan fingerprint density at radius 1 is 1.07 bits per heavy atom. The molecule has 2 aliphatic rings. The van der Waals surface area contributed by atoms with Crippen molar-refractivity contribution in [1.29, 1.82) is 0 Å². The fourth-order valence-electron chi connectivity index (χ4n) is 3.48. The maximum atomic E-state index is 12.7. The molecule has 2 aromatic rings. The fraction of sp³-hybridized carbons (Fsp3) is 0.526. The molecule has 0 unspecified atom stereocenters. The highest BCUT2D eigenvalue weighted by Crippen LogP contribution is 2.31. The lowest BCUT2D eigenvalue weighted by molar-refractivity contribution is 0.0730. The van der Waals surface area contributed by atoms with Crippen LogP contribution < -0.4 is 4.90 Å². The van der Waals surface area contributed by atoms with Crippen LogP contribution in [0.15, 0.2) is 34.5 Å². The molecule has 27 heavy (non-hydrogen) atoms. The van der Waals surface area contributed by atoms with Gasteiger partial charge in [-0.15, -0.1) is 11.3 Å². The third-order valence-electron chi connectivity index (χ3n) is 5.30. The van der Waals surface area contributed by atoms with Crippen LogP contribution in [-0.2, 0) is 14.8 Å². The van der Waals surface area contributed by atoms with Gasteiger partial charge in [-0.1, -0.05) is 19.1 Å². The van der Waals surface area contributed by atoms with E-state index in [1.807, 2.05) is 12.1 Å². The minimum Gasteiger partial charge on any atom is -0.379 e. The van der Waals surface area contributed by atoms with Gasteiger partial charge in [-0.2, -0.15) is 4.31 Å². The van der Waals surface area contributed by atoms with E-state index in [4.69, 9.17) is 9.72 Å². The number of aromatic nitrogens is 1. The molecular weight excluding hydrogens is 382 g/mol. The SMILES string of the molecule is CC1CCN(c2nc(-c3ccc(S(=O)(=O)N4CCOCC4)cc3)cs2)CC1. The number of morpholine rings is 1. The number of ether oxygens (including phenoxy) is 1. The molecule has 0 saturated carbocycles. The van der Waals surface area contributed by atoms with Crippen molar-refractivity contribution in [2.24, 2.45) is 5.92 Å². The lowest BCUT2D eigenvalue weighted by Crippen LogP contribution is -2.40. The van der Waals surface area contributed by atoms with Crippen LogP contribution in [0, 0.1) is 5.92 Å². The zero-order chi connectivity index (χ0) is 18.9. The summed E-state index contributed by atoms with van der Waals surface area (Å²) in [5, 5.41) is 3.11. The first kappa shape index (κ1) is 18.9. The molecule has 0 spiro atoms. The summed E-state index contributed by atoms with van der Waals surface area (Å²) in [5.41, 5.74) is 1.85. The third kappa shape index (κ3) is 4.03. The molecule has 0 aliphatic carbocycles. The number of hydrogen-bond acceptors (Lipinski definition) is 6. The molecule has 2 saturated heterocycles. The number of anilines is 1. The topological polar surface area (TPSA) is 62.7 Å². The minimum absolute atomic E-state index is 0.327. The second-order valence-electron chi connectivity index (χ2n) is 7.23. The van der Waals surface area contributed by atoms with Crippen molar-refractivity contribution < 1.29 is 13.2 Å². The van der Waals surface area contributed by atoms with Gasteiger partial charge in [0.2, 0.25) is 10.0 Å². The van der Waals surface area contributed by atoms with Gasteiger partial charge in [0, 0.05) is 37.1 Å². The molecule has 0 N–H and O–H groups in total. The van der Waals surface area contributed by atoms with E-state index in [-0.39, 0.29) is 0 Å². The van der Waals surface area contributed by atoms with E-state index in [2.05, 4.69) is 17.2 Å². The highest BCUT2D eigenvalue weighted by molar-refractivity contribution is 7.89. The van der Waals surface area contributed by atoms with Gasteiger partial charge in [-0.25, -0.2) is 13.4 Å². The van der Waals surface area contributed by atoms with Crippen LogP contribution in [0.2, 0.25) is 0 Å². The Hall–Kier alpha value is -1.48. The Morgan fingerprint density at radius 3 is 2.41 bits per heavy atom. The molecule has 4 rings (SSSR count). The number of nitrogens with zero attached hydrogens (tertiary/aromatic N) is 3. The summed E-state index contributed by atoms with van der Waals surface area (Å²) in [4.78, 5) is 7.46. The van der Waals surface area contributed by atoms with Crippen LogP contribution in [0.25, 0.3) is 11.3 Å². The first-order valence-electron chi connectivity index (χ1n) is 9.43. The molecule has 6 nitrogen and oxygen atoms in total. The molecule has 0 atom stereocenters. The lowest BCUT2D eigenvalue weighted by atomic mass is 10.00. The second-order valence-corrected chi connectivity index (χ2v) is 10.0. The first-order valence-corrected chi connectivity index (χ1v) is 11.7. The molecule has 0 radical (unpaired) electrons. The molecule has 8 heteroatoms. The van der Waals surface area contributed by atoms with Crippen molar-refractivity contribution in [1.82, 2.24) is 9.29 Å². The molecule has 3 heterocycles. The third-order valence-corrected chi connectivity index (χ3v) is 8.12. The van der Waals surface area contributed by atoms with Gasteiger partial charge < -0.3 is 9.64 Å². The maximum Gasteiger partial charge on any atom is 0.243 e. The van der Waals surface area contributed by atoms with Crippen LogP contribution in [0.3, 0.4) is 0 Å². The zero-order valence-corrected chi connectivity index (χ0v) is 17.1. The smallest absolute Gasteiger partial charge is 0.243 e. The average molecular weight is 408 g/mol. The maximum absolute atomic E-state index is 12.7. The molecule has 0 amide bonds. The minimum atomic E-state index is -3.45. The first-order chi connectivity index (χ1) is 13.0. The van der Waals surface area contributed by atoms with Gasteiger partial charge in [-0.3, -0.25) is 0 Å². The molecular formula is C19H25N3O3S2. The van der Waals surface area contributed by atoms with Crippen LogP contribution in [0.5, 0.6) is 0 Å². The van der Waals surface area contributed by atoms with Gasteiger partial charge in [0.05, 0.1) is 23.8 Å². The van der Waals surface area contributed by atoms with Crippen molar-refractivity contribution in [2.45, 2.75) is 24.7 Å². The van der Waals surface area contributed by atoms with E-state index in [1.165, 1.54) is 17.1 Å². The van der Waals surface area contributed by atoms with Crippen LogP contribution >= 0.6 is 11.3 Å². The van der Waals surface area contributed by atoms with E-state index in [0.29, 0.717) is 31.2 Å². The summed E-state index contributed by atoms with van der Waals surface area (Å²) in [7, 11) is -3.45. The zero-order valence-electron chi connectivity index (χ0n) is 15.5. The Labute approximate surface area is 164 Å². The van der Waals surface area contributed by atoms with Crippen molar-refractivity contribution >= 4 is 26.5 Å². The Kier molecular flexibility index (Phi) is 5.50. The van der Waals surface area contributed by atoms with E-state index in [1.54, 1.807) is 23.5 Å². The highest BCUT2D eigenvalue weighted by Gasteiger charge is 2.26. The van der Waals surface area contributed by atoms with Crippen molar-refractivity contribution in [2.75, 3.05) is 44.3 Å². The quantitative estimate of drug-likeness (QED) is 0.779. The van der Waals surface area contributed by atoms with E-state index in [9.17, 15) is 8.42 Å². The average Bonchev–Trinajstić information content (AvgIpc) is 3.19.